The van der Waals surface area contributed by atoms with E-state index in [1.165, 1.54) is 13.2 Å². The van der Waals surface area contributed by atoms with Crippen LogP contribution in [-0.2, 0) is 9.31 Å². The number of aromatic nitrogens is 2. The van der Waals surface area contributed by atoms with Crippen LogP contribution in [-0.4, -0.2) is 40.7 Å². The molecular formula is C18H21BClFN2O4. The zero-order chi connectivity index (χ0) is 20.0. The lowest BCUT2D eigenvalue weighted by Gasteiger charge is -2.32. The number of benzene rings is 1. The van der Waals surface area contributed by atoms with Gasteiger partial charge in [0.25, 0.3) is 0 Å². The predicted octanol–water partition coefficient (Wildman–Crippen LogP) is 2.66. The van der Waals surface area contributed by atoms with E-state index < -0.39 is 30.2 Å². The molecule has 0 spiro atoms. The summed E-state index contributed by atoms with van der Waals surface area (Å²) in [5.41, 5.74) is -0.548. The van der Waals surface area contributed by atoms with Gasteiger partial charge in [0, 0.05) is 22.1 Å². The first-order chi connectivity index (χ1) is 12.6. The molecule has 1 aromatic carbocycles. The van der Waals surface area contributed by atoms with Crippen LogP contribution in [0.25, 0.3) is 0 Å². The maximum atomic E-state index is 14.6. The fraction of sp³-hybridized carbons (Fsp3) is 0.444. The number of aliphatic hydroxyl groups is 1. The number of hydrogen-bond donors (Lipinski definition) is 1. The molecule has 1 aliphatic heterocycles. The van der Waals surface area contributed by atoms with Crippen LogP contribution in [0.1, 0.15) is 45.1 Å². The Balaban J connectivity index is 1.97. The van der Waals surface area contributed by atoms with Crippen molar-refractivity contribution in [1.82, 2.24) is 10.2 Å². The zero-order valence-corrected chi connectivity index (χ0v) is 16.5. The van der Waals surface area contributed by atoms with Crippen LogP contribution in [0.2, 0.25) is 5.02 Å². The molecule has 1 atom stereocenters. The Kier molecular flexibility index (Phi) is 5.20. The van der Waals surface area contributed by atoms with Crippen molar-refractivity contribution in [3.63, 3.8) is 0 Å². The van der Waals surface area contributed by atoms with Gasteiger partial charge < -0.3 is 19.2 Å². The van der Waals surface area contributed by atoms with E-state index in [1.807, 2.05) is 27.7 Å². The highest BCUT2D eigenvalue weighted by molar-refractivity contribution is 6.62. The highest BCUT2D eigenvalue weighted by Crippen LogP contribution is 2.37. The van der Waals surface area contributed by atoms with E-state index in [-0.39, 0.29) is 21.7 Å². The molecule has 0 radical (unpaired) electrons. The summed E-state index contributed by atoms with van der Waals surface area (Å²) < 4.78 is 31.4. The number of ether oxygens (including phenoxy) is 1. The van der Waals surface area contributed by atoms with E-state index in [1.54, 1.807) is 12.1 Å². The van der Waals surface area contributed by atoms with Gasteiger partial charge in [-0.05, 0) is 39.8 Å². The molecule has 0 amide bonds. The number of rotatable bonds is 4. The van der Waals surface area contributed by atoms with Crippen LogP contribution < -0.4 is 10.2 Å². The first-order valence-electron chi connectivity index (χ1n) is 8.46. The summed E-state index contributed by atoms with van der Waals surface area (Å²) in [5, 5.41) is 18.5. The number of aliphatic hydroxyl groups excluding tert-OH is 1. The van der Waals surface area contributed by atoms with Crippen molar-refractivity contribution in [2.24, 2.45) is 0 Å². The molecule has 27 heavy (non-hydrogen) atoms. The third-order valence-corrected chi connectivity index (χ3v) is 5.40. The number of nitrogens with zero attached hydrogens (tertiary/aromatic N) is 2. The molecule has 2 heterocycles. The molecule has 1 aromatic heterocycles. The number of hydrogen-bond acceptors (Lipinski definition) is 6. The fourth-order valence-electron chi connectivity index (χ4n) is 2.69. The Bertz CT molecular complexity index is 832. The number of methoxy groups -OCH3 is 1. The molecule has 0 aliphatic carbocycles. The summed E-state index contributed by atoms with van der Waals surface area (Å²) in [5.74, 6) is -0.260. The quantitative estimate of drug-likeness (QED) is 0.804. The molecule has 3 rings (SSSR count). The van der Waals surface area contributed by atoms with E-state index in [0.717, 1.165) is 6.07 Å². The Morgan fingerprint density at radius 2 is 1.78 bits per heavy atom. The average molecular weight is 395 g/mol. The Hall–Kier alpha value is -1.74. The highest BCUT2D eigenvalue weighted by Gasteiger charge is 2.52. The van der Waals surface area contributed by atoms with E-state index in [9.17, 15) is 9.50 Å². The van der Waals surface area contributed by atoms with Crippen molar-refractivity contribution in [3.8, 4) is 5.88 Å². The maximum absolute atomic E-state index is 14.6. The van der Waals surface area contributed by atoms with Crippen molar-refractivity contribution < 1.29 is 23.5 Å². The van der Waals surface area contributed by atoms with Crippen molar-refractivity contribution in [1.29, 1.82) is 0 Å². The molecule has 6 nitrogen and oxygen atoms in total. The first kappa shape index (κ1) is 20.0. The van der Waals surface area contributed by atoms with Gasteiger partial charge in [-0.15, -0.1) is 10.2 Å². The lowest BCUT2D eigenvalue weighted by Crippen LogP contribution is -2.41. The molecule has 0 unspecified atom stereocenters. The van der Waals surface area contributed by atoms with Crippen LogP contribution in [0.3, 0.4) is 0 Å². The van der Waals surface area contributed by atoms with Crippen molar-refractivity contribution >= 4 is 24.2 Å². The topological polar surface area (TPSA) is 73.7 Å². The van der Waals surface area contributed by atoms with E-state index in [2.05, 4.69) is 10.2 Å². The van der Waals surface area contributed by atoms with Crippen LogP contribution in [0.5, 0.6) is 5.88 Å². The SMILES string of the molecule is COc1ccc([C@H](O)c2cc(B3OC(C)(C)C(C)(C)O3)c(F)cc2Cl)nn1. The molecular weight excluding hydrogens is 373 g/mol. The lowest BCUT2D eigenvalue weighted by molar-refractivity contribution is 0.00578. The van der Waals surface area contributed by atoms with Crippen LogP contribution >= 0.6 is 11.6 Å². The van der Waals surface area contributed by atoms with Crippen molar-refractivity contribution in [2.75, 3.05) is 7.11 Å². The third-order valence-electron chi connectivity index (χ3n) is 5.07. The minimum absolute atomic E-state index is 0.0675. The van der Waals surface area contributed by atoms with Gasteiger partial charge >= 0.3 is 7.12 Å². The average Bonchev–Trinajstić information content (AvgIpc) is 2.82. The summed E-state index contributed by atoms with van der Waals surface area (Å²) in [6, 6.07) is 5.70. The normalized spacial score (nSPS) is 19.2. The summed E-state index contributed by atoms with van der Waals surface area (Å²) in [6.45, 7) is 7.51. The minimum Gasteiger partial charge on any atom is -0.480 e. The van der Waals surface area contributed by atoms with Gasteiger partial charge in [0.2, 0.25) is 5.88 Å². The maximum Gasteiger partial charge on any atom is 0.497 e. The Morgan fingerprint density at radius 1 is 1.15 bits per heavy atom. The summed E-state index contributed by atoms with van der Waals surface area (Å²) in [6.07, 6.45) is -1.20. The zero-order valence-electron chi connectivity index (χ0n) is 15.8. The molecule has 144 valence electrons. The molecule has 1 aliphatic rings. The van der Waals surface area contributed by atoms with E-state index >= 15 is 0 Å². The molecule has 0 bridgehead atoms. The van der Waals surface area contributed by atoms with E-state index in [4.69, 9.17) is 25.6 Å². The fourth-order valence-corrected chi connectivity index (χ4v) is 2.94. The summed E-state index contributed by atoms with van der Waals surface area (Å²) >= 11 is 6.17. The Labute approximate surface area is 162 Å². The standard InChI is InChI=1S/C18H21BClFN2O4/c1-17(2)18(3,4)27-19(26-17)11-8-10(12(20)9-13(11)21)16(24)14-6-7-15(25-5)23-22-14/h6-9,16,24H,1-5H3/t16-/m1/s1. The second-order valence-electron chi connectivity index (χ2n) is 7.39. The molecule has 1 saturated heterocycles. The minimum atomic E-state index is -1.20. The van der Waals surface area contributed by atoms with Gasteiger partial charge in [-0.1, -0.05) is 17.7 Å². The second-order valence-corrected chi connectivity index (χ2v) is 7.79. The molecule has 2 aromatic rings. The monoisotopic (exact) mass is 394 g/mol. The van der Waals surface area contributed by atoms with E-state index in [0.29, 0.717) is 5.88 Å². The summed E-state index contributed by atoms with van der Waals surface area (Å²) in [4.78, 5) is 0. The van der Waals surface area contributed by atoms with Gasteiger partial charge in [0.05, 0.1) is 24.0 Å². The Morgan fingerprint density at radius 3 is 2.30 bits per heavy atom. The summed E-state index contributed by atoms with van der Waals surface area (Å²) in [7, 11) is 0.550. The third kappa shape index (κ3) is 3.67. The molecule has 1 fully saturated rings. The largest absolute Gasteiger partial charge is 0.497 e. The van der Waals surface area contributed by atoms with Gasteiger partial charge in [-0.3, -0.25) is 0 Å². The first-order valence-corrected chi connectivity index (χ1v) is 8.83. The molecule has 1 N–H and O–H groups in total. The van der Waals surface area contributed by atoms with Crippen molar-refractivity contribution in [3.05, 3.63) is 46.4 Å². The second kappa shape index (κ2) is 7.02. The number of halogens is 2. The van der Waals surface area contributed by atoms with Gasteiger partial charge in [-0.2, -0.15) is 0 Å². The smallest absolute Gasteiger partial charge is 0.480 e. The van der Waals surface area contributed by atoms with Crippen molar-refractivity contribution in [2.45, 2.75) is 45.0 Å². The van der Waals surface area contributed by atoms with Gasteiger partial charge in [0.15, 0.2) is 0 Å². The van der Waals surface area contributed by atoms with Gasteiger partial charge in [0.1, 0.15) is 11.9 Å². The molecule has 0 saturated carbocycles. The van der Waals surface area contributed by atoms with Crippen LogP contribution in [0, 0.1) is 5.82 Å². The predicted molar refractivity (Wildman–Crippen MR) is 99.8 cm³/mol. The van der Waals surface area contributed by atoms with Crippen LogP contribution in [0.4, 0.5) is 4.39 Å². The molecule has 9 heteroatoms. The van der Waals surface area contributed by atoms with Gasteiger partial charge in [-0.25, -0.2) is 4.39 Å². The lowest BCUT2D eigenvalue weighted by atomic mass is 9.77. The highest BCUT2D eigenvalue weighted by atomic mass is 35.5. The van der Waals surface area contributed by atoms with Crippen LogP contribution in [0.15, 0.2) is 24.3 Å².